The van der Waals surface area contributed by atoms with Crippen molar-refractivity contribution in [3.8, 4) is 0 Å². The average Bonchev–Trinajstić information content (AvgIpc) is 2.76. The van der Waals surface area contributed by atoms with E-state index in [9.17, 15) is 4.79 Å². The van der Waals surface area contributed by atoms with E-state index in [1.54, 1.807) is 0 Å². The molecule has 1 amide bonds. The van der Waals surface area contributed by atoms with E-state index >= 15 is 0 Å². The van der Waals surface area contributed by atoms with Gasteiger partial charge in [0.15, 0.2) is 0 Å². The third kappa shape index (κ3) is 2.49. The summed E-state index contributed by atoms with van der Waals surface area (Å²) < 4.78 is 1.000. The minimum atomic E-state index is 0.329. The number of anilines is 1. The van der Waals surface area contributed by atoms with Crippen LogP contribution in [0, 0.1) is 0 Å². The van der Waals surface area contributed by atoms with Crippen molar-refractivity contribution in [1.29, 1.82) is 0 Å². The fraction of sp³-hybridized carbons (Fsp3) is 0.500. The van der Waals surface area contributed by atoms with Gasteiger partial charge in [-0.3, -0.25) is 9.69 Å². The number of fused-ring (bicyclic) bond motifs is 1. The predicted octanol–water partition coefficient (Wildman–Crippen LogP) is 1.84. The van der Waals surface area contributed by atoms with Crippen LogP contribution >= 0.6 is 15.9 Å². The van der Waals surface area contributed by atoms with Gasteiger partial charge in [-0.05, 0) is 34.0 Å². The number of carbonyl (C=O) groups excluding carboxylic acids is 1. The number of amides is 1. The van der Waals surface area contributed by atoms with E-state index in [2.05, 4.69) is 26.9 Å². The molecule has 1 aromatic rings. The highest BCUT2D eigenvalue weighted by molar-refractivity contribution is 9.10. The fourth-order valence-electron chi connectivity index (χ4n) is 3.04. The minimum absolute atomic E-state index is 0.329. The maximum absolute atomic E-state index is 11.7. The number of nitrogens with two attached hydrogens (primary N) is 1. The standard InChI is InChI=1S/C14H18BrN3O/c15-14-10(2-1-3-12(14)16)8-17-6-7-18-11(9-17)4-5-13(18)19/h1-3,11H,4-9,16H2. The predicted molar refractivity (Wildman–Crippen MR) is 78.6 cm³/mol. The number of benzene rings is 1. The lowest BCUT2D eigenvalue weighted by Gasteiger charge is -2.37. The van der Waals surface area contributed by atoms with Crippen molar-refractivity contribution < 1.29 is 4.79 Å². The van der Waals surface area contributed by atoms with Gasteiger partial charge >= 0.3 is 0 Å². The van der Waals surface area contributed by atoms with E-state index in [0.717, 1.165) is 49.2 Å². The lowest BCUT2D eigenvalue weighted by atomic mass is 10.1. The molecule has 2 aliphatic heterocycles. The van der Waals surface area contributed by atoms with Gasteiger partial charge < -0.3 is 10.6 Å². The van der Waals surface area contributed by atoms with Crippen molar-refractivity contribution >= 4 is 27.5 Å². The van der Waals surface area contributed by atoms with Gasteiger partial charge in [0, 0.05) is 48.8 Å². The summed E-state index contributed by atoms with van der Waals surface area (Å²) in [6.45, 7) is 3.68. The number of carbonyl (C=O) groups is 1. The van der Waals surface area contributed by atoms with E-state index in [1.165, 1.54) is 5.56 Å². The van der Waals surface area contributed by atoms with E-state index in [4.69, 9.17) is 5.73 Å². The van der Waals surface area contributed by atoms with Gasteiger partial charge in [-0.25, -0.2) is 0 Å². The largest absolute Gasteiger partial charge is 0.398 e. The normalized spacial score (nSPS) is 23.7. The molecule has 1 unspecified atom stereocenters. The van der Waals surface area contributed by atoms with Crippen LogP contribution in [0.5, 0.6) is 0 Å². The Morgan fingerprint density at radius 3 is 3.05 bits per heavy atom. The number of piperazine rings is 1. The Labute approximate surface area is 121 Å². The second-order valence-electron chi connectivity index (χ2n) is 5.34. The van der Waals surface area contributed by atoms with Crippen molar-refractivity contribution in [3.05, 3.63) is 28.2 Å². The Morgan fingerprint density at radius 2 is 2.21 bits per heavy atom. The van der Waals surface area contributed by atoms with E-state index < -0.39 is 0 Å². The maximum Gasteiger partial charge on any atom is 0.222 e. The lowest BCUT2D eigenvalue weighted by Crippen LogP contribution is -2.50. The molecule has 2 fully saturated rings. The molecule has 2 N–H and O–H groups in total. The quantitative estimate of drug-likeness (QED) is 0.845. The number of nitrogen functional groups attached to an aromatic ring is 1. The van der Waals surface area contributed by atoms with Crippen LogP contribution in [0.3, 0.4) is 0 Å². The topological polar surface area (TPSA) is 49.6 Å². The Morgan fingerprint density at radius 1 is 1.37 bits per heavy atom. The Hall–Kier alpha value is -1.07. The molecule has 2 heterocycles. The highest BCUT2D eigenvalue weighted by Crippen LogP contribution is 2.27. The molecule has 0 saturated carbocycles. The van der Waals surface area contributed by atoms with Crippen LogP contribution < -0.4 is 5.73 Å². The number of halogens is 1. The van der Waals surface area contributed by atoms with Crippen molar-refractivity contribution in [2.24, 2.45) is 0 Å². The Kier molecular flexibility index (Phi) is 3.50. The first kappa shape index (κ1) is 12.9. The van der Waals surface area contributed by atoms with E-state index in [0.29, 0.717) is 11.9 Å². The Balaban J connectivity index is 1.68. The summed E-state index contributed by atoms with van der Waals surface area (Å²) in [5.74, 6) is 0.329. The van der Waals surface area contributed by atoms with Crippen LogP contribution in [0.4, 0.5) is 5.69 Å². The molecule has 2 saturated heterocycles. The second kappa shape index (κ2) is 5.13. The monoisotopic (exact) mass is 323 g/mol. The van der Waals surface area contributed by atoms with Crippen LogP contribution in [0.15, 0.2) is 22.7 Å². The molecule has 0 bridgehead atoms. The van der Waals surface area contributed by atoms with Gasteiger partial charge in [-0.2, -0.15) is 0 Å². The van der Waals surface area contributed by atoms with E-state index in [1.807, 2.05) is 17.0 Å². The Bertz CT molecular complexity index is 505. The van der Waals surface area contributed by atoms with Gasteiger partial charge in [0.2, 0.25) is 5.91 Å². The van der Waals surface area contributed by atoms with Crippen LogP contribution in [-0.2, 0) is 11.3 Å². The number of hydrogen-bond donors (Lipinski definition) is 1. The van der Waals surface area contributed by atoms with Crippen LogP contribution in [0.2, 0.25) is 0 Å². The lowest BCUT2D eigenvalue weighted by molar-refractivity contribution is -0.130. The first-order chi connectivity index (χ1) is 9.15. The van der Waals surface area contributed by atoms with Gasteiger partial charge in [0.25, 0.3) is 0 Å². The highest BCUT2D eigenvalue weighted by atomic mass is 79.9. The van der Waals surface area contributed by atoms with Gasteiger partial charge in [-0.1, -0.05) is 12.1 Å². The molecule has 0 aliphatic carbocycles. The summed E-state index contributed by atoms with van der Waals surface area (Å²) >= 11 is 3.56. The number of nitrogens with zero attached hydrogens (tertiary/aromatic N) is 2. The third-order valence-corrected chi connectivity index (χ3v) is 5.05. The molecule has 1 atom stereocenters. The first-order valence-corrected chi connectivity index (χ1v) is 7.49. The van der Waals surface area contributed by atoms with Crippen LogP contribution in [-0.4, -0.2) is 41.4 Å². The summed E-state index contributed by atoms with van der Waals surface area (Å²) in [6, 6.07) is 6.42. The summed E-state index contributed by atoms with van der Waals surface area (Å²) in [4.78, 5) is 16.1. The molecular formula is C14H18BrN3O. The van der Waals surface area contributed by atoms with Crippen molar-refractivity contribution in [2.45, 2.75) is 25.4 Å². The number of rotatable bonds is 2. The molecule has 1 aromatic carbocycles. The fourth-order valence-corrected chi connectivity index (χ4v) is 3.42. The summed E-state index contributed by atoms with van der Waals surface area (Å²) in [5, 5.41) is 0. The highest BCUT2D eigenvalue weighted by Gasteiger charge is 2.35. The van der Waals surface area contributed by atoms with Gasteiger partial charge in [0.1, 0.15) is 0 Å². The summed E-state index contributed by atoms with van der Waals surface area (Å²) in [7, 11) is 0. The van der Waals surface area contributed by atoms with E-state index in [-0.39, 0.29) is 0 Å². The van der Waals surface area contributed by atoms with Crippen molar-refractivity contribution in [2.75, 3.05) is 25.4 Å². The van der Waals surface area contributed by atoms with Gasteiger partial charge in [0.05, 0.1) is 0 Å². The zero-order valence-electron chi connectivity index (χ0n) is 10.8. The molecule has 5 heteroatoms. The second-order valence-corrected chi connectivity index (χ2v) is 6.13. The molecule has 19 heavy (non-hydrogen) atoms. The molecule has 4 nitrogen and oxygen atoms in total. The molecule has 2 aliphatic rings. The smallest absolute Gasteiger partial charge is 0.222 e. The molecule has 0 radical (unpaired) electrons. The zero-order chi connectivity index (χ0) is 13.4. The zero-order valence-corrected chi connectivity index (χ0v) is 12.4. The molecule has 0 spiro atoms. The summed E-state index contributed by atoms with van der Waals surface area (Å²) in [6.07, 6.45) is 1.73. The van der Waals surface area contributed by atoms with Crippen molar-refractivity contribution in [1.82, 2.24) is 9.80 Å². The average molecular weight is 324 g/mol. The first-order valence-electron chi connectivity index (χ1n) is 6.70. The van der Waals surface area contributed by atoms with Crippen LogP contribution in [0.1, 0.15) is 18.4 Å². The third-order valence-electron chi connectivity index (χ3n) is 4.08. The molecule has 0 aromatic heterocycles. The van der Waals surface area contributed by atoms with Crippen molar-refractivity contribution in [3.63, 3.8) is 0 Å². The van der Waals surface area contributed by atoms with Crippen LogP contribution in [0.25, 0.3) is 0 Å². The summed E-state index contributed by atoms with van der Waals surface area (Å²) in [5.41, 5.74) is 7.92. The van der Waals surface area contributed by atoms with Gasteiger partial charge in [-0.15, -0.1) is 0 Å². The maximum atomic E-state index is 11.7. The molecule has 102 valence electrons. The molecular weight excluding hydrogens is 306 g/mol. The number of hydrogen-bond acceptors (Lipinski definition) is 3. The molecule has 3 rings (SSSR count). The SMILES string of the molecule is Nc1cccc(CN2CCN3C(=O)CCC3C2)c1Br. The minimum Gasteiger partial charge on any atom is -0.398 e.